The number of para-hydroxylation sites is 3. The van der Waals surface area contributed by atoms with Crippen LogP contribution in [-0.4, -0.2) is 9.13 Å². The Kier molecular flexibility index (Phi) is 11.4. The normalized spacial score (nSPS) is 11.2. The summed E-state index contributed by atoms with van der Waals surface area (Å²) in [6, 6.07) is 75.3. The molecular formula is C59H47FN2. The highest BCUT2D eigenvalue weighted by molar-refractivity contribution is 6.12. The Bertz CT molecular complexity index is 3300. The average Bonchev–Trinajstić information content (AvgIpc) is 3.85. The largest absolute Gasteiger partial charge is 0.309 e. The Morgan fingerprint density at radius 3 is 1.23 bits per heavy atom. The summed E-state index contributed by atoms with van der Waals surface area (Å²) in [5.41, 5.74) is 14.1. The van der Waals surface area contributed by atoms with Crippen LogP contribution >= 0.6 is 0 Å². The second-order valence-electron chi connectivity index (χ2n) is 15.5. The Labute approximate surface area is 363 Å². The van der Waals surface area contributed by atoms with Crippen LogP contribution < -0.4 is 0 Å². The molecule has 0 radical (unpaired) electrons. The van der Waals surface area contributed by atoms with Gasteiger partial charge in [0, 0.05) is 32.9 Å². The first-order valence-corrected chi connectivity index (χ1v) is 21.2. The summed E-state index contributed by atoms with van der Waals surface area (Å²) in [6.45, 7) is 6.08. The summed E-state index contributed by atoms with van der Waals surface area (Å²) in [4.78, 5) is 0. The first-order valence-electron chi connectivity index (χ1n) is 21.2. The predicted octanol–water partition coefficient (Wildman–Crippen LogP) is 16.6. The van der Waals surface area contributed by atoms with Crippen molar-refractivity contribution in [2.75, 3.05) is 0 Å². The molecular weight excluding hydrogens is 756 g/mol. The fourth-order valence-electron chi connectivity index (χ4n) is 8.33. The van der Waals surface area contributed by atoms with E-state index in [0.717, 1.165) is 66.6 Å². The van der Waals surface area contributed by atoms with Gasteiger partial charge in [0.1, 0.15) is 5.82 Å². The lowest BCUT2D eigenvalue weighted by Gasteiger charge is -2.12. The average molecular weight is 803 g/mol. The van der Waals surface area contributed by atoms with Crippen molar-refractivity contribution in [3.63, 3.8) is 0 Å². The number of hydrogen-bond acceptors (Lipinski definition) is 0. The number of halogens is 1. The molecule has 0 atom stereocenters. The highest BCUT2D eigenvalue weighted by Gasteiger charge is 2.17. The molecule has 0 bridgehead atoms. The Morgan fingerprint density at radius 1 is 0.323 bits per heavy atom. The third-order valence-electron chi connectivity index (χ3n) is 11.4. The fraction of sp³-hybridized carbons (Fsp3) is 0.0508. The van der Waals surface area contributed by atoms with Crippen molar-refractivity contribution >= 4 is 43.6 Å². The van der Waals surface area contributed by atoms with Crippen molar-refractivity contribution in [3.05, 3.63) is 242 Å². The summed E-state index contributed by atoms with van der Waals surface area (Å²) < 4.78 is 20.0. The summed E-state index contributed by atoms with van der Waals surface area (Å²) in [7, 11) is 0. The zero-order chi connectivity index (χ0) is 42.4. The van der Waals surface area contributed by atoms with E-state index < -0.39 is 0 Å². The molecule has 0 saturated heterocycles. The van der Waals surface area contributed by atoms with Crippen LogP contribution in [-0.2, 0) is 0 Å². The van der Waals surface area contributed by atoms with E-state index in [4.69, 9.17) is 0 Å². The molecule has 11 aromatic rings. The van der Waals surface area contributed by atoms with Crippen molar-refractivity contribution in [3.8, 4) is 44.8 Å². The number of rotatable bonds is 5. The van der Waals surface area contributed by atoms with E-state index in [1.165, 1.54) is 27.4 Å². The molecule has 11 rings (SSSR count). The van der Waals surface area contributed by atoms with Crippen LogP contribution in [0, 0.1) is 12.7 Å². The van der Waals surface area contributed by atoms with Crippen LogP contribution in [0.5, 0.6) is 0 Å². The molecule has 3 heteroatoms. The lowest BCUT2D eigenvalue weighted by Crippen LogP contribution is -1.96. The van der Waals surface area contributed by atoms with Gasteiger partial charge in [-0.15, -0.1) is 0 Å². The van der Waals surface area contributed by atoms with E-state index in [1.807, 2.05) is 62.4 Å². The molecule has 0 fully saturated rings. The van der Waals surface area contributed by atoms with Gasteiger partial charge >= 0.3 is 0 Å². The number of aromatic nitrogens is 2. The zero-order valence-corrected chi connectivity index (χ0v) is 35.2. The molecule has 0 unspecified atom stereocenters. The van der Waals surface area contributed by atoms with Crippen molar-refractivity contribution in [1.29, 1.82) is 0 Å². The molecule has 0 aliphatic rings. The number of aryl methyl sites for hydroxylation is 1. The standard InChI is InChI=1S/C48H31FN2.C7H8.C4H8/c49-38-27-37(34-21-19-33(20-22-34)32-11-3-1-4-12-32)28-40(31-38)51-46-18-10-8-16-42(46)44-30-36(24-26-48(44)51)35-23-25-47-43(29-35)41-15-7-9-17-45(41)50(47)39-13-5-2-6-14-39;1-7-5-3-2-4-6-7;1-3-4-2/h1-31H;2-6H,1H3;3-4H,1-2H3/b;;4-3-. The van der Waals surface area contributed by atoms with Gasteiger partial charge in [-0.2, -0.15) is 0 Å². The maximum atomic E-state index is 15.5. The van der Waals surface area contributed by atoms with Gasteiger partial charge < -0.3 is 9.13 Å². The van der Waals surface area contributed by atoms with Crippen molar-refractivity contribution in [2.45, 2.75) is 20.8 Å². The molecule has 2 nitrogen and oxygen atoms in total. The Hall–Kier alpha value is -7.75. The maximum Gasteiger partial charge on any atom is 0.125 e. The molecule has 2 aromatic heterocycles. The molecule has 0 spiro atoms. The van der Waals surface area contributed by atoms with E-state index in [0.29, 0.717) is 0 Å². The van der Waals surface area contributed by atoms with Gasteiger partial charge in [0.2, 0.25) is 0 Å². The number of fused-ring (bicyclic) bond motifs is 6. The van der Waals surface area contributed by atoms with Gasteiger partial charge in [0.05, 0.1) is 22.1 Å². The molecule has 300 valence electrons. The molecule has 0 saturated carbocycles. The van der Waals surface area contributed by atoms with Crippen LogP contribution in [0.4, 0.5) is 4.39 Å². The van der Waals surface area contributed by atoms with E-state index in [2.05, 4.69) is 186 Å². The van der Waals surface area contributed by atoms with Crippen molar-refractivity contribution in [2.24, 2.45) is 0 Å². The number of allylic oxidation sites excluding steroid dienone is 2. The van der Waals surface area contributed by atoms with Gasteiger partial charge in [0.25, 0.3) is 0 Å². The van der Waals surface area contributed by atoms with Crippen molar-refractivity contribution in [1.82, 2.24) is 9.13 Å². The van der Waals surface area contributed by atoms with Gasteiger partial charge in [0.15, 0.2) is 0 Å². The summed E-state index contributed by atoms with van der Waals surface area (Å²) in [6.07, 6.45) is 4.00. The predicted molar refractivity (Wildman–Crippen MR) is 263 cm³/mol. The van der Waals surface area contributed by atoms with E-state index >= 15 is 4.39 Å². The smallest absolute Gasteiger partial charge is 0.125 e. The molecule has 0 aliphatic carbocycles. The first kappa shape index (κ1) is 39.7. The Balaban J connectivity index is 0.000000394. The molecule has 0 N–H and O–H groups in total. The molecule has 9 aromatic carbocycles. The topological polar surface area (TPSA) is 9.86 Å². The van der Waals surface area contributed by atoms with Crippen LogP contribution in [0.1, 0.15) is 19.4 Å². The van der Waals surface area contributed by atoms with Crippen LogP contribution in [0.15, 0.2) is 231 Å². The van der Waals surface area contributed by atoms with Crippen molar-refractivity contribution < 1.29 is 4.39 Å². The van der Waals surface area contributed by atoms with Gasteiger partial charge in [-0.05, 0) is 121 Å². The molecule has 0 aliphatic heterocycles. The van der Waals surface area contributed by atoms with Crippen LogP contribution in [0.2, 0.25) is 0 Å². The zero-order valence-electron chi connectivity index (χ0n) is 35.2. The van der Waals surface area contributed by atoms with Gasteiger partial charge in [-0.1, -0.05) is 169 Å². The number of benzene rings is 9. The van der Waals surface area contributed by atoms with E-state index in [-0.39, 0.29) is 5.82 Å². The minimum atomic E-state index is -0.264. The van der Waals surface area contributed by atoms with E-state index in [9.17, 15) is 0 Å². The molecule has 62 heavy (non-hydrogen) atoms. The lowest BCUT2D eigenvalue weighted by atomic mass is 10.00. The second-order valence-corrected chi connectivity index (χ2v) is 15.5. The fourth-order valence-corrected chi connectivity index (χ4v) is 8.33. The maximum absolute atomic E-state index is 15.5. The SMILES string of the molecule is C/C=C\C.Cc1ccccc1.Fc1cc(-c2ccc(-c3ccccc3)cc2)cc(-n2c3ccccc3c3cc(-c4ccc5c(c4)c4ccccc4n5-c4ccccc4)ccc32)c1. The first-order chi connectivity index (χ1) is 30.5. The minimum Gasteiger partial charge on any atom is -0.309 e. The third kappa shape index (κ3) is 7.97. The monoisotopic (exact) mass is 802 g/mol. The van der Waals surface area contributed by atoms with Crippen LogP contribution in [0.3, 0.4) is 0 Å². The molecule has 2 heterocycles. The highest BCUT2D eigenvalue weighted by atomic mass is 19.1. The lowest BCUT2D eigenvalue weighted by molar-refractivity contribution is 0.627. The van der Waals surface area contributed by atoms with Gasteiger partial charge in [-0.3, -0.25) is 0 Å². The summed E-state index contributed by atoms with van der Waals surface area (Å²) in [5.74, 6) is -0.264. The second kappa shape index (κ2) is 17.8. The van der Waals surface area contributed by atoms with Gasteiger partial charge in [-0.25, -0.2) is 4.39 Å². The summed E-state index contributed by atoms with van der Waals surface area (Å²) in [5, 5.41) is 4.72. The van der Waals surface area contributed by atoms with E-state index in [1.54, 1.807) is 12.1 Å². The minimum absolute atomic E-state index is 0.264. The highest BCUT2D eigenvalue weighted by Crippen LogP contribution is 2.39. The quantitative estimate of drug-likeness (QED) is 0.153. The van der Waals surface area contributed by atoms with Crippen LogP contribution in [0.25, 0.3) is 88.4 Å². The number of hydrogen-bond donors (Lipinski definition) is 0. The summed E-state index contributed by atoms with van der Waals surface area (Å²) >= 11 is 0. The number of nitrogens with zero attached hydrogens (tertiary/aromatic N) is 2. The Morgan fingerprint density at radius 2 is 0.726 bits per heavy atom. The molecule has 0 amide bonds. The third-order valence-corrected chi connectivity index (χ3v) is 11.4.